The summed E-state index contributed by atoms with van der Waals surface area (Å²) in [7, 11) is 0. The van der Waals surface area contributed by atoms with E-state index in [-0.39, 0.29) is 11.5 Å². The number of anilines is 4. The van der Waals surface area contributed by atoms with Crippen LogP contribution in [0.1, 0.15) is 0 Å². The molecular formula is C21H23Cl2N9O2. The minimum atomic E-state index is -0.570. The lowest BCUT2D eigenvalue weighted by atomic mass is 10.1. The number of hydrogen-bond donors (Lipinski definition) is 4. The maximum atomic E-state index is 10.9. The molecule has 1 aliphatic heterocycles. The van der Waals surface area contributed by atoms with Crippen molar-refractivity contribution in [3.63, 3.8) is 0 Å². The molecule has 1 fully saturated rings. The van der Waals surface area contributed by atoms with Crippen molar-refractivity contribution in [3.8, 4) is 11.3 Å². The second-order valence-electron chi connectivity index (χ2n) is 7.50. The molecule has 0 spiro atoms. The van der Waals surface area contributed by atoms with Crippen LogP contribution >= 0.6 is 23.2 Å². The summed E-state index contributed by atoms with van der Waals surface area (Å²) < 4.78 is 0. The molecule has 3 heterocycles. The summed E-state index contributed by atoms with van der Waals surface area (Å²) in [6.07, 6.45) is 1.80. The Hall–Kier alpha value is -3.41. The molecule has 0 aliphatic carbocycles. The lowest BCUT2D eigenvalue weighted by Gasteiger charge is -2.30. The van der Waals surface area contributed by atoms with Crippen LogP contribution in [0.15, 0.2) is 36.5 Å². The predicted octanol–water partition coefficient (Wildman–Crippen LogP) is 3.27. The third-order valence-corrected chi connectivity index (χ3v) is 5.77. The van der Waals surface area contributed by atoms with Crippen molar-refractivity contribution < 1.29 is 4.92 Å². The highest BCUT2D eigenvalue weighted by molar-refractivity contribution is 6.36. The number of halogens is 2. The first-order valence-electron chi connectivity index (χ1n) is 10.6. The Morgan fingerprint density at radius 2 is 1.88 bits per heavy atom. The van der Waals surface area contributed by atoms with Crippen LogP contribution in [0.2, 0.25) is 10.0 Å². The molecule has 34 heavy (non-hydrogen) atoms. The van der Waals surface area contributed by atoms with Crippen molar-refractivity contribution in [2.75, 3.05) is 60.5 Å². The van der Waals surface area contributed by atoms with Gasteiger partial charge in [0, 0.05) is 55.9 Å². The first kappa shape index (κ1) is 23.7. The molecule has 0 amide bonds. The van der Waals surface area contributed by atoms with Crippen LogP contribution in [0.25, 0.3) is 11.3 Å². The number of aromatic nitrogens is 3. The second-order valence-corrected chi connectivity index (χ2v) is 8.34. The van der Waals surface area contributed by atoms with Gasteiger partial charge in [-0.05, 0) is 24.3 Å². The Morgan fingerprint density at radius 1 is 1.12 bits per heavy atom. The number of nitrogens with two attached hydrogens (primary N) is 1. The molecule has 1 aromatic carbocycles. The van der Waals surface area contributed by atoms with E-state index in [0.29, 0.717) is 34.9 Å². The normalized spacial score (nSPS) is 13.5. The molecule has 0 bridgehead atoms. The van der Waals surface area contributed by atoms with Gasteiger partial charge in [-0.3, -0.25) is 10.1 Å². The van der Waals surface area contributed by atoms with Crippen molar-refractivity contribution in [2.45, 2.75) is 0 Å². The quantitative estimate of drug-likeness (QED) is 0.205. The molecule has 1 aliphatic rings. The monoisotopic (exact) mass is 503 g/mol. The zero-order valence-electron chi connectivity index (χ0n) is 18.1. The summed E-state index contributed by atoms with van der Waals surface area (Å²) in [5.74, 6) is 0.741. The minimum Gasteiger partial charge on any atom is -0.378 e. The average molecular weight is 504 g/mol. The molecule has 11 nitrogen and oxygen atoms in total. The Bertz CT molecular complexity index is 1190. The molecule has 0 radical (unpaired) electrons. The molecule has 4 rings (SSSR count). The highest BCUT2D eigenvalue weighted by Crippen LogP contribution is 2.35. The van der Waals surface area contributed by atoms with Crippen molar-refractivity contribution in [1.29, 1.82) is 0 Å². The van der Waals surface area contributed by atoms with E-state index in [4.69, 9.17) is 33.9 Å². The van der Waals surface area contributed by atoms with E-state index in [1.54, 1.807) is 18.3 Å². The fourth-order valence-electron chi connectivity index (χ4n) is 3.56. The SMILES string of the molecule is Nc1nc(NCCNc2ncc(N3CCNCC3)c(-c3ccc(Cl)cc3Cl)n2)ccc1[N+](=O)[O-]. The maximum absolute atomic E-state index is 10.9. The number of benzene rings is 1. The average Bonchev–Trinajstić information content (AvgIpc) is 2.82. The van der Waals surface area contributed by atoms with Gasteiger partial charge in [0.2, 0.25) is 11.8 Å². The molecule has 5 N–H and O–H groups in total. The summed E-state index contributed by atoms with van der Waals surface area (Å²) in [5.41, 5.74) is 7.80. The Morgan fingerprint density at radius 3 is 2.59 bits per heavy atom. The zero-order chi connectivity index (χ0) is 24.1. The van der Waals surface area contributed by atoms with Crippen molar-refractivity contribution in [1.82, 2.24) is 20.3 Å². The number of nitrogens with zero attached hydrogens (tertiary/aromatic N) is 5. The van der Waals surface area contributed by atoms with E-state index in [0.717, 1.165) is 43.1 Å². The number of nitrogen functional groups attached to an aromatic ring is 1. The van der Waals surface area contributed by atoms with Crippen LogP contribution < -0.4 is 26.6 Å². The first-order chi connectivity index (χ1) is 16.4. The number of rotatable bonds is 8. The first-order valence-corrected chi connectivity index (χ1v) is 11.3. The third-order valence-electron chi connectivity index (χ3n) is 5.23. The van der Waals surface area contributed by atoms with Crippen molar-refractivity contribution in [2.24, 2.45) is 0 Å². The van der Waals surface area contributed by atoms with Crippen LogP contribution in [0.3, 0.4) is 0 Å². The highest BCUT2D eigenvalue weighted by Gasteiger charge is 2.20. The summed E-state index contributed by atoms with van der Waals surface area (Å²) in [5, 5.41) is 21.5. The molecule has 1 saturated heterocycles. The molecule has 0 atom stereocenters. The van der Waals surface area contributed by atoms with Gasteiger partial charge in [-0.1, -0.05) is 23.2 Å². The van der Waals surface area contributed by atoms with E-state index in [2.05, 4.69) is 30.8 Å². The van der Waals surface area contributed by atoms with Gasteiger partial charge in [-0.15, -0.1) is 0 Å². The second kappa shape index (κ2) is 10.7. The van der Waals surface area contributed by atoms with Crippen LogP contribution in [-0.2, 0) is 0 Å². The minimum absolute atomic E-state index is 0.140. The molecule has 178 valence electrons. The summed E-state index contributed by atoms with van der Waals surface area (Å²) in [4.78, 5) is 25.8. The van der Waals surface area contributed by atoms with Gasteiger partial charge in [-0.2, -0.15) is 0 Å². The van der Waals surface area contributed by atoms with E-state index >= 15 is 0 Å². The molecule has 2 aromatic heterocycles. The molecule has 13 heteroatoms. The fourth-order valence-corrected chi connectivity index (χ4v) is 4.06. The summed E-state index contributed by atoms with van der Waals surface area (Å²) >= 11 is 12.6. The van der Waals surface area contributed by atoms with Crippen molar-refractivity contribution >= 4 is 52.2 Å². The van der Waals surface area contributed by atoms with Gasteiger partial charge in [0.25, 0.3) is 0 Å². The lowest BCUT2D eigenvalue weighted by molar-refractivity contribution is -0.384. The van der Waals surface area contributed by atoms with E-state index in [1.165, 1.54) is 12.1 Å². The number of pyridine rings is 1. The van der Waals surface area contributed by atoms with E-state index in [1.807, 2.05) is 6.07 Å². The number of hydrogen-bond acceptors (Lipinski definition) is 10. The Labute approximate surface area is 205 Å². The number of nitro groups is 1. The van der Waals surface area contributed by atoms with Crippen LogP contribution in [0.5, 0.6) is 0 Å². The molecule has 3 aromatic rings. The molecule has 0 saturated carbocycles. The third kappa shape index (κ3) is 5.56. The summed E-state index contributed by atoms with van der Waals surface area (Å²) in [6.45, 7) is 4.36. The Kier molecular flexibility index (Phi) is 7.46. The smallest absolute Gasteiger partial charge is 0.311 e. The fraction of sp³-hybridized carbons (Fsp3) is 0.286. The van der Waals surface area contributed by atoms with E-state index in [9.17, 15) is 10.1 Å². The topological polar surface area (TPSA) is 147 Å². The largest absolute Gasteiger partial charge is 0.378 e. The Balaban J connectivity index is 1.48. The molecular weight excluding hydrogens is 481 g/mol. The highest BCUT2D eigenvalue weighted by atomic mass is 35.5. The van der Waals surface area contributed by atoms with Crippen LogP contribution in [0.4, 0.5) is 29.0 Å². The van der Waals surface area contributed by atoms with Gasteiger partial charge in [0.15, 0.2) is 0 Å². The predicted molar refractivity (Wildman–Crippen MR) is 135 cm³/mol. The zero-order valence-corrected chi connectivity index (χ0v) is 19.6. The van der Waals surface area contributed by atoms with Gasteiger partial charge >= 0.3 is 5.69 Å². The van der Waals surface area contributed by atoms with Crippen LogP contribution in [-0.4, -0.2) is 59.1 Å². The molecule has 0 unspecified atom stereocenters. The van der Waals surface area contributed by atoms with Crippen LogP contribution in [0, 0.1) is 10.1 Å². The van der Waals surface area contributed by atoms with E-state index < -0.39 is 4.92 Å². The van der Waals surface area contributed by atoms with Gasteiger partial charge in [0.1, 0.15) is 11.5 Å². The summed E-state index contributed by atoms with van der Waals surface area (Å²) in [6, 6.07) is 8.16. The number of nitrogens with one attached hydrogen (secondary N) is 3. The van der Waals surface area contributed by atoms with Gasteiger partial charge in [-0.25, -0.2) is 15.0 Å². The number of piperazine rings is 1. The van der Waals surface area contributed by atoms with Crippen molar-refractivity contribution in [3.05, 3.63) is 56.7 Å². The maximum Gasteiger partial charge on any atom is 0.311 e. The lowest BCUT2D eigenvalue weighted by Crippen LogP contribution is -2.43. The standard InChI is InChI=1S/C21H23Cl2N9O2/c22-13-1-2-14(15(23)11-13)19-17(31-9-7-25-8-10-31)12-28-21(30-19)27-6-5-26-18-4-3-16(32(33)34)20(24)29-18/h1-4,11-12,25H,5-10H2,(H3,24,26,29)(H,27,28,30). The van der Waals surface area contributed by atoms with Gasteiger partial charge in [0.05, 0.1) is 21.8 Å². The van der Waals surface area contributed by atoms with Gasteiger partial charge < -0.3 is 26.6 Å².